The second-order valence-corrected chi connectivity index (χ2v) is 8.17. The fourth-order valence-corrected chi connectivity index (χ4v) is 4.13. The highest BCUT2D eigenvalue weighted by molar-refractivity contribution is 5.99. The Labute approximate surface area is 195 Å². The number of nitrogens with one attached hydrogen (secondary N) is 1. The van der Waals surface area contributed by atoms with Crippen molar-refractivity contribution in [3.05, 3.63) is 59.8 Å². The lowest BCUT2D eigenvalue weighted by Gasteiger charge is -2.34. The molecule has 1 N–H and O–H groups in total. The van der Waals surface area contributed by atoms with Crippen molar-refractivity contribution >= 4 is 23.2 Å². The number of pyridine rings is 1. The SMILES string of the molecule is COc1cccc(C2=CCCN(C(=O)CC3NCCN(c4ccc(C(F)(F)F)cn4)C3=O)C2)c1. The molecule has 0 radical (unpaired) electrons. The number of anilines is 1. The first kappa shape index (κ1) is 23.7. The average molecular weight is 474 g/mol. The van der Waals surface area contributed by atoms with E-state index in [1.54, 1.807) is 12.0 Å². The minimum Gasteiger partial charge on any atom is -0.497 e. The van der Waals surface area contributed by atoms with E-state index in [4.69, 9.17) is 4.74 Å². The van der Waals surface area contributed by atoms with Crippen molar-refractivity contribution in [1.82, 2.24) is 15.2 Å². The molecule has 2 aliphatic heterocycles. The first-order chi connectivity index (χ1) is 16.3. The van der Waals surface area contributed by atoms with Gasteiger partial charge in [-0.05, 0) is 41.8 Å². The molecule has 1 fully saturated rings. The number of methoxy groups -OCH3 is 1. The van der Waals surface area contributed by atoms with Crippen LogP contribution in [-0.4, -0.2) is 61.0 Å². The normalized spacial score (nSPS) is 19.1. The number of nitrogens with zero attached hydrogens (tertiary/aromatic N) is 3. The maximum Gasteiger partial charge on any atom is 0.417 e. The molecule has 1 aromatic heterocycles. The van der Waals surface area contributed by atoms with Gasteiger partial charge in [0.1, 0.15) is 11.6 Å². The van der Waals surface area contributed by atoms with E-state index in [-0.39, 0.29) is 30.6 Å². The van der Waals surface area contributed by atoms with Crippen LogP contribution >= 0.6 is 0 Å². The summed E-state index contributed by atoms with van der Waals surface area (Å²) in [5.74, 6) is 0.322. The van der Waals surface area contributed by atoms with Crippen LogP contribution in [0.4, 0.5) is 19.0 Å². The Balaban J connectivity index is 1.40. The summed E-state index contributed by atoms with van der Waals surface area (Å²) in [4.78, 5) is 32.9. The molecule has 10 heteroatoms. The fourth-order valence-electron chi connectivity index (χ4n) is 4.13. The van der Waals surface area contributed by atoms with Crippen LogP contribution in [0, 0.1) is 0 Å². The standard InChI is InChI=1S/C24H25F3N4O3/c1-34-19-6-2-4-16(12-19)17-5-3-10-30(15-17)22(32)13-20-23(33)31(11-9-28-20)21-8-7-18(14-29-21)24(25,26)27/h2,4-8,12,14,20,28H,3,9-11,13,15H2,1H3. The summed E-state index contributed by atoms with van der Waals surface area (Å²) in [5, 5.41) is 3.05. The predicted octanol–water partition coefficient (Wildman–Crippen LogP) is 3.12. The van der Waals surface area contributed by atoms with Crippen LogP contribution in [0.1, 0.15) is 24.0 Å². The molecular weight excluding hydrogens is 449 g/mol. The van der Waals surface area contributed by atoms with Crippen molar-refractivity contribution in [2.75, 3.05) is 38.2 Å². The van der Waals surface area contributed by atoms with Crippen molar-refractivity contribution < 1.29 is 27.5 Å². The van der Waals surface area contributed by atoms with Gasteiger partial charge in [0.2, 0.25) is 11.8 Å². The maximum atomic E-state index is 13.0. The number of carbonyl (C=O) groups is 2. The minimum absolute atomic E-state index is 0.0403. The number of piperazine rings is 1. The van der Waals surface area contributed by atoms with E-state index >= 15 is 0 Å². The van der Waals surface area contributed by atoms with Gasteiger partial charge in [0.05, 0.1) is 25.1 Å². The lowest BCUT2D eigenvalue weighted by atomic mass is 10.00. The zero-order valence-electron chi connectivity index (χ0n) is 18.6. The zero-order chi connectivity index (χ0) is 24.3. The highest BCUT2D eigenvalue weighted by Gasteiger charge is 2.35. The summed E-state index contributed by atoms with van der Waals surface area (Å²) in [5.41, 5.74) is 1.11. The highest BCUT2D eigenvalue weighted by Crippen LogP contribution is 2.30. The number of alkyl halides is 3. The van der Waals surface area contributed by atoms with Crippen LogP contribution in [0.25, 0.3) is 5.57 Å². The number of carbonyl (C=O) groups excluding carboxylic acids is 2. The van der Waals surface area contributed by atoms with Crippen LogP contribution in [-0.2, 0) is 15.8 Å². The van der Waals surface area contributed by atoms with E-state index in [0.29, 0.717) is 32.3 Å². The topological polar surface area (TPSA) is 74.8 Å². The van der Waals surface area contributed by atoms with E-state index in [0.717, 1.165) is 23.0 Å². The van der Waals surface area contributed by atoms with Crippen LogP contribution in [0.2, 0.25) is 0 Å². The van der Waals surface area contributed by atoms with Gasteiger partial charge in [-0.25, -0.2) is 4.98 Å². The Morgan fingerprint density at radius 1 is 1.24 bits per heavy atom. The van der Waals surface area contributed by atoms with Crippen molar-refractivity contribution in [1.29, 1.82) is 0 Å². The average Bonchev–Trinajstić information content (AvgIpc) is 2.85. The van der Waals surface area contributed by atoms with Gasteiger partial charge in [-0.1, -0.05) is 18.2 Å². The number of rotatable bonds is 5. The molecule has 3 heterocycles. The van der Waals surface area contributed by atoms with E-state index in [1.807, 2.05) is 24.3 Å². The van der Waals surface area contributed by atoms with Gasteiger partial charge >= 0.3 is 6.18 Å². The highest BCUT2D eigenvalue weighted by atomic mass is 19.4. The summed E-state index contributed by atoms with van der Waals surface area (Å²) >= 11 is 0. The van der Waals surface area contributed by atoms with Gasteiger partial charge in [0.15, 0.2) is 0 Å². The maximum absolute atomic E-state index is 13.0. The molecule has 1 saturated heterocycles. The summed E-state index contributed by atoms with van der Waals surface area (Å²) < 4.78 is 43.7. The number of ether oxygens (including phenoxy) is 1. The molecule has 0 spiro atoms. The lowest BCUT2D eigenvalue weighted by Crippen LogP contribution is -2.57. The monoisotopic (exact) mass is 474 g/mol. The van der Waals surface area contributed by atoms with Crippen molar-refractivity contribution in [2.24, 2.45) is 0 Å². The molecule has 34 heavy (non-hydrogen) atoms. The minimum atomic E-state index is -4.50. The largest absolute Gasteiger partial charge is 0.497 e. The van der Waals surface area contributed by atoms with Crippen LogP contribution < -0.4 is 15.0 Å². The molecule has 0 saturated carbocycles. The molecule has 1 unspecified atom stereocenters. The van der Waals surface area contributed by atoms with E-state index < -0.39 is 17.8 Å². The first-order valence-electron chi connectivity index (χ1n) is 11.0. The molecule has 2 aromatic rings. The molecule has 0 bridgehead atoms. The van der Waals surface area contributed by atoms with E-state index in [9.17, 15) is 22.8 Å². The summed E-state index contributed by atoms with van der Waals surface area (Å²) in [6.45, 7) is 1.64. The Kier molecular flexibility index (Phi) is 6.87. The molecule has 0 aliphatic carbocycles. The first-order valence-corrected chi connectivity index (χ1v) is 11.0. The molecule has 1 atom stereocenters. The number of hydrogen-bond acceptors (Lipinski definition) is 5. The third kappa shape index (κ3) is 5.22. The number of benzene rings is 1. The smallest absolute Gasteiger partial charge is 0.417 e. The fraction of sp³-hybridized carbons (Fsp3) is 0.375. The number of halogens is 3. The predicted molar refractivity (Wildman–Crippen MR) is 120 cm³/mol. The Bertz CT molecular complexity index is 1090. The zero-order valence-corrected chi connectivity index (χ0v) is 18.6. The summed E-state index contributed by atoms with van der Waals surface area (Å²) in [6.07, 6.45) is -1.03. The molecule has 1 aromatic carbocycles. The van der Waals surface area contributed by atoms with Gasteiger partial charge in [-0.2, -0.15) is 13.2 Å². The van der Waals surface area contributed by atoms with E-state index in [2.05, 4.69) is 16.4 Å². The lowest BCUT2D eigenvalue weighted by molar-refractivity contribution is -0.137. The van der Waals surface area contributed by atoms with Gasteiger partial charge in [0, 0.05) is 32.4 Å². The van der Waals surface area contributed by atoms with Crippen LogP contribution in [0.15, 0.2) is 48.7 Å². The van der Waals surface area contributed by atoms with Crippen molar-refractivity contribution in [2.45, 2.75) is 25.1 Å². The Morgan fingerprint density at radius 3 is 2.76 bits per heavy atom. The van der Waals surface area contributed by atoms with Gasteiger partial charge in [-0.3, -0.25) is 14.5 Å². The number of hydrogen-bond donors (Lipinski definition) is 1. The quantitative estimate of drug-likeness (QED) is 0.721. The molecule has 180 valence electrons. The van der Waals surface area contributed by atoms with Crippen molar-refractivity contribution in [3.63, 3.8) is 0 Å². The molecule has 2 amide bonds. The third-order valence-corrected chi connectivity index (χ3v) is 5.96. The Morgan fingerprint density at radius 2 is 2.06 bits per heavy atom. The summed E-state index contributed by atoms with van der Waals surface area (Å²) in [7, 11) is 1.60. The van der Waals surface area contributed by atoms with Crippen LogP contribution in [0.3, 0.4) is 0 Å². The molecule has 2 aliphatic rings. The molecule has 4 rings (SSSR count). The van der Waals surface area contributed by atoms with Gasteiger partial charge in [-0.15, -0.1) is 0 Å². The van der Waals surface area contributed by atoms with Crippen molar-refractivity contribution in [3.8, 4) is 5.75 Å². The van der Waals surface area contributed by atoms with Gasteiger partial charge < -0.3 is 15.0 Å². The van der Waals surface area contributed by atoms with Crippen LogP contribution in [0.5, 0.6) is 5.75 Å². The second kappa shape index (κ2) is 9.84. The summed E-state index contributed by atoms with van der Waals surface area (Å²) in [6, 6.07) is 8.94. The van der Waals surface area contributed by atoms with Gasteiger partial charge in [0.25, 0.3) is 0 Å². The third-order valence-electron chi connectivity index (χ3n) is 5.96. The Hall–Kier alpha value is -3.40. The number of aromatic nitrogens is 1. The number of amides is 2. The van der Waals surface area contributed by atoms with E-state index in [1.165, 1.54) is 11.0 Å². The molecular formula is C24H25F3N4O3. The molecule has 7 nitrogen and oxygen atoms in total. The second-order valence-electron chi connectivity index (χ2n) is 8.17.